The molecule has 0 amide bonds. The highest BCUT2D eigenvalue weighted by Crippen LogP contribution is 1.99. The van der Waals surface area contributed by atoms with Crippen molar-refractivity contribution in [3.05, 3.63) is 69.8 Å². The van der Waals surface area contributed by atoms with Crippen molar-refractivity contribution in [1.29, 1.82) is 0 Å². The molecule has 0 aliphatic heterocycles. The predicted octanol–water partition coefficient (Wildman–Crippen LogP) is 4.29. The first-order valence-corrected chi connectivity index (χ1v) is 5.59. The van der Waals surface area contributed by atoms with Gasteiger partial charge in [0.1, 0.15) is 0 Å². The van der Waals surface area contributed by atoms with Crippen LogP contribution in [0.1, 0.15) is 5.56 Å². The summed E-state index contributed by atoms with van der Waals surface area (Å²) in [5, 5.41) is 0. The van der Waals surface area contributed by atoms with E-state index in [9.17, 15) is 0 Å². The molecule has 14 heavy (non-hydrogen) atoms. The van der Waals surface area contributed by atoms with Gasteiger partial charge in [-0.25, -0.2) is 0 Å². The van der Waals surface area contributed by atoms with Gasteiger partial charge in [0, 0.05) is 3.57 Å². The van der Waals surface area contributed by atoms with Crippen LogP contribution < -0.4 is 0 Å². The monoisotopic (exact) mass is 296 g/mol. The fourth-order valence-corrected chi connectivity index (χ4v) is 1.36. The molecule has 0 atom stereocenters. The van der Waals surface area contributed by atoms with Crippen molar-refractivity contribution in [3.63, 3.8) is 0 Å². The van der Waals surface area contributed by atoms with Crippen LogP contribution in [0.3, 0.4) is 0 Å². The molecule has 0 aromatic heterocycles. The summed E-state index contributed by atoms with van der Waals surface area (Å²) >= 11 is 2.28. The first-order chi connectivity index (χ1) is 6.79. The fraction of sp³-hybridized carbons (Fsp3) is 0.0769. The second-order valence-corrected chi connectivity index (χ2v) is 4.20. The fourth-order valence-electron chi connectivity index (χ4n) is 0.949. The van der Waals surface area contributed by atoms with Crippen LogP contribution in [0.15, 0.2) is 60.7 Å². The Bertz CT molecular complexity index is 303. The molecule has 0 N–H and O–H groups in total. The quantitative estimate of drug-likeness (QED) is 0.636. The molecule has 0 spiro atoms. The van der Waals surface area contributed by atoms with Crippen LogP contribution in [-0.2, 0) is 0 Å². The van der Waals surface area contributed by atoms with Crippen LogP contribution in [0.2, 0.25) is 0 Å². The van der Waals surface area contributed by atoms with Gasteiger partial charge in [0.15, 0.2) is 0 Å². The van der Waals surface area contributed by atoms with Crippen molar-refractivity contribution in [1.82, 2.24) is 0 Å². The number of hydrogen-bond donors (Lipinski definition) is 0. The lowest BCUT2D eigenvalue weighted by atomic mass is 10.2. The minimum Gasteiger partial charge on any atom is -0.0622 e. The van der Waals surface area contributed by atoms with Gasteiger partial charge in [0.25, 0.3) is 0 Å². The van der Waals surface area contributed by atoms with Gasteiger partial charge in [0.2, 0.25) is 0 Å². The molecule has 0 fully saturated rings. The van der Waals surface area contributed by atoms with Gasteiger partial charge in [-0.2, -0.15) is 0 Å². The standard InChI is InChI=1S/C7H8.C6H5I/c1-7-5-3-2-4-6-7;7-6-4-2-1-3-5-6/h2-6H,1H3;1-5H. The summed E-state index contributed by atoms with van der Waals surface area (Å²) in [6.07, 6.45) is 0. The summed E-state index contributed by atoms with van der Waals surface area (Å²) in [7, 11) is 0. The molecule has 0 aliphatic carbocycles. The summed E-state index contributed by atoms with van der Waals surface area (Å²) in [6, 6.07) is 20.5. The average molecular weight is 296 g/mol. The van der Waals surface area contributed by atoms with E-state index in [2.05, 4.69) is 53.8 Å². The molecule has 0 saturated carbocycles. The molecule has 0 saturated heterocycles. The zero-order chi connectivity index (χ0) is 10.2. The minimum absolute atomic E-state index is 1.29. The second-order valence-electron chi connectivity index (χ2n) is 2.95. The van der Waals surface area contributed by atoms with Gasteiger partial charge in [-0.3, -0.25) is 0 Å². The largest absolute Gasteiger partial charge is 0.0622 e. The number of hydrogen-bond acceptors (Lipinski definition) is 0. The summed E-state index contributed by atoms with van der Waals surface area (Å²) in [5.41, 5.74) is 1.32. The lowest BCUT2D eigenvalue weighted by Crippen LogP contribution is -1.62. The van der Waals surface area contributed by atoms with Crippen molar-refractivity contribution in [2.24, 2.45) is 0 Å². The molecule has 1 heteroatoms. The Morgan fingerprint density at radius 3 is 1.36 bits per heavy atom. The summed E-state index contributed by atoms with van der Waals surface area (Å²) < 4.78 is 1.29. The Morgan fingerprint density at radius 1 is 0.714 bits per heavy atom. The Labute approximate surface area is 99.1 Å². The first-order valence-electron chi connectivity index (χ1n) is 4.51. The van der Waals surface area contributed by atoms with Crippen LogP contribution in [-0.4, -0.2) is 0 Å². The zero-order valence-electron chi connectivity index (χ0n) is 8.15. The van der Waals surface area contributed by atoms with Crippen LogP contribution in [0.5, 0.6) is 0 Å². The maximum Gasteiger partial charge on any atom is 0.0130 e. The Balaban J connectivity index is 0.000000140. The van der Waals surface area contributed by atoms with E-state index in [0.29, 0.717) is 0 Å². The van der Waals surface area contributed by atoms with E-state index in [0.717, 1.165) is 0 Å². The maximum absolute atomic E-state index is 2.28. The number of aryl methyl sites for hydroxylation is 1. The lowest BCUT2D eigenvalue weighted by Gasteiger charge is -1.82. The van der Waals surface area contributed by atoms with Crippen LogP contribution in [0.4, 0.5) is 0 Å². The molecule has 0 nitrogen and oxygen atoms in total. The van der Waals surface area contributed by atoms with Crippen LogP contribution in [0, 0.1) is 10.5 Å². The number of benzene rings is 2. The van der Waals surface area contributed by atoms with Crippen molar-refractivity contribution in [2.45, 2.75) is 6.92 Å². The van der Waals surface area contributed by atoms with Gasteiger partial charge in [0.05, 0.1) is 0 Å². The number of halogens is 1. The first kappa shape index (κ1) is 11.2. The van der Waals surface area contributed by atoms with Gasteiger partial charge in [-0.1, -0.05) is 54.1 Å². The van der Waals surface area contributed by atoms with Crippen LogP contribution in [0.25, 0.3) is 0 Å². The molecule has 0 radical (unpaired) electrons. The topological polar surface area (TPSA) is 0 Å². The van der Waals surface area contributed by atoms with Gasteiger partial charge in [-0.15, -0.1) is 0 Å². The van der Waals surface area contributed by atoms with E-state index >= 15 is 0 Å². The average Bonchev–Trinajstić information content (AvgIpc) is 2.21. The van der Waals surface area contributed by atoms with Crippen molar-refractivity contribution >= 4 is 22.6 Å². The third-order valence-electron chi connectivity index (χ3n) is 1.67. The molecule has 0 aliphatic rings. The second kappa shape index (κ2) is 6.60. The Morgan fingerprint density at radius 2 is 1.14 bits per heavy atom. The molecular weight excluding hydrogens is 283 g/mol. The summed E-state index contributed by atoms with van der Waals surface area (Å²) in [5.74, 6) is 0. The SMILES string of the molecule is Cc1ccccc1.Ic1ccccc1. The van der Waals surface area contributed by atoms with E-state index in [-0.39, 0.29) is 0 Å². The molecule has 0 unspecified atom stereocenters. The minimum atomic E-state index is 1.29. The third-order valence-corrected chi connectivity index (χ3v) is 2.39. The molecule has 2 rings (SSSR count). The van der Waals surface area contributed by atoms with Gasteiger partial charge >= 0.3 is 0 Å². The predicted molar refractivity (Wildman–Crippen MR) is 70.3 cm³/mol. The van der Waals surface area contributed by atoms with Crippen molar-refractivity contribution in [3.8, 4) is 0 Å². The number of rotatable bonds is 0. The van der Waals surface area contributed by atoms with E-state index in [1.54, 1.807) is 0 Å². The van der Waals surface area contributed by atoms with E-state index < -0.39 is 0 Å². The van der Waals surface area contributed by atoms with E-state index in [4.69, 9.17) is 0 Å². The highest BCUT2D eigenvalue weighted by molar-refractivity contribution is 14.1. The normalized spacial score (nSPS) is 8.71. The maximum atomic E-state index is 2.28. The Kier molecular flexibility index (Phi) is 5.30. The molecule has 0 heterocycles. The van der Waals surface area contributed by atoms with E-state index in [1.165, 1.54) is 9.13 Å². The summed E-state index contributed by atoms with van der Waals surface area (Å²) in [4.78, 5) is 0. The molecular formula is C13H13I. The zero-order valence-corrected chi connectivity index (χ0v) is 10.3. The highest BCUT2D eigenvalue weighted by atomic mass is 127. The van der Waals surface area contributed by atoms with Crippen LogP contribution >= 0.6 is 22.6 Å². The smallest absolute Gasteiger partial charge is 0.0130 e. The summed E-state index contributed by atoms with van der Waals surface area (Å²) in [6.45, 7) is 2.08. The molecule has 72 valence electrons. The highest BCUT2D eigenvalue weighted by Gasteiger charge is 1.74. The van der Waals surface area contributed by atoms with E-state index in [1.807, 2.05) is 36.4 Å². The van der Waals surface area contributed by atoms with Crippen molar-refractivity contribution < 1.29 is 0 Å². The lowest BCUT2D eigenvalue weighted by molar-refractivity contribution is 1.48. The van der Waals surface area contributed by atoms with Gasteiger partial charge in [-0.05, 0) is 41.6 Å². The molecule has 2 aromatic carbocycles. The van der Waals surface area contributed by atoms with Gasteiger partial charge < -0.3 is 0 Å². The molecule has 2 aromatic rings. The van der Waals surface area contributed by atoms with Crippen molar-refractivity contribution in [2.75, 3.05) is 0 Å². The molecule has 0 bridgehead atoms. The Hall–Kier alpha value is -0.830. The third kappa shape index (κ3) is 5.02.